The van der Waals surface area contributed by atoms with E-state index in [1.165, 1.54) is 11.3 Å². The number of carbonyl (C=O) groups excluding carboxylic acids is 1. The number of esters is 1. The first-order valence-electron chi connectivity index (χ1n) is 14.7. The van der Waals surface area contributed by atoms with Crippen LogP contribution in [0.3, 0.4) is 0 Å². The Balaban J connectivity index is 1.86. The van der Waals surface area contributed by atoms with Gasteiger partial charge in [0, 0.05) is 0 Å². The number of ether oxygens (including phenoxy) is 5. The highest BCUT2D eigenvalue weighted by atomic mass is 32.1. The predicted octanol–water partition coefficient (Wildman–Crippen LogP) is 5.17. The smallest absolute Gasteiger partial charge is 0.338 e. The number of nitrogens with zero attached hydrogens (tertiary/aromatic N) is 2. The maximum absolute atomic E-state index is 14.0. The van der Waals surface area contributed by atoms with Crippen LogP contribution in [-0.2, 0) is 9.53 Å². The number of methoxy groups -OCH3 is 1. The Kier molecular flexibility index (Phi) is 10.7. The highest BCUT2D eigenvalue weighted by molar-refractivity contribution is 7.07. The van der Waals surface area contributed by atoms with Gasteiger partial charge in [-0.2, -0.15) is 0 Å². The molecule has 230 valence electrons. The topological polar surface area (TPSA) is 97.6 Å². The Morgan fingerprint density at radius 1 is 1.02 bits per heavy atom. The molecule has 0 bridgehead atoms. The van der Waals surface area contributed by atoms with Crippen LogP contribution in [0.1, 0.15) is 71.6 Å². The highest BCUT2D eigenvalue weighted by Crippen LogP contribution is 2.36. The lowest BCUT2D eigenvalue weighted by Gasteiger charge is -2.25. The minimum absolute atomic E-state index is 0.0603. The minimum Gasteiger partial charge on any atom is -0.493 e. The third kappa shape index (κ3) is 7.13. The lowest BCUT2D eigenvalue weighted by molar-refractivity contribution is -0.139. The molecule has 1 aromatic heterocycles. The number of hydrogen-bond donors (Lipinski definition) is 0. The molecule has 9 nitrogen and oxygen atoms in total. The lowest BCUT2D eigenvalue weighted by Crippen LogP contribution is -2.40. The van der Waals surface area contributed by atoms with Crippen molar-refractivity contribution in [2.24, 2.45) is 4.99 Å². The second-order valence-electron chi connectivity index (χ2n) is 10.2. The molecule has 10 heteroatoms. The minimum atomic E-state index is -0.771. The fraction of sp³-hybridized carbons (Fsp3) is 0.424. The number of fused-ring (bicyclic) bond motifs is 1. The van der Waals surface area contributed by atoms with Crippen molar-refractivity contribution in [3.63, 3.8) is 0 Å². The highest BCUT2D eigenvalue weighted by Gasteiger charge is 2.34. The van der Waals surface area contributed by atoms with Crippen LogP contribution < -0.4 is 33.8 Å². The molecule has 0 aliphatic carbocycles. The number of aromatic nitrogens is 1. The van der Waals surface area contributed by atoms with E-state index in [0.717, 1.165) is 18.4 Å². The summed E-state index contributed by atoms with van der Waals surface area (Å²) in [5.41, 5.74) is 1.97. The van der Waals surface area contributed by atoms with Crippen LogP contribution in [0.25, 0.3) is 6.08 Å². The van der Waals surface area contributed by atoms with Gasteiger partial charge in [0.2, 0.25) is 0 Å². The summed E-state index contributed by atoms with van der Waals surface area (Å²) in [6.45, 7) is 12.7. The van der Waals surface area contributed by atoms with Gasteiger partial charge in [0.1, 0.15) is 0 Å². The van der Waals surface area contributed by atoms with E-state index in [1.807, 2.05) is 51.1 Å². The molecule has 0 fully saturated rings. The van der Waals surface area contributed by atoms with Crippen LogP contribution in [0.5, 0.6) is 23.0 Å². The second-order valence-corrected chi connectivity index (χ2v) is 11.2. The van der Waals surface area contributed by atoms with Gasteiger partial charge in [0.15, 0.2) is 27.8 Å². The molecule has 2 heterocycles. The summed E-state index contributed by atoms with van der Waals surface area (Å²) in [5.74, 6) is 1.83. The van der Waals surface area contributed by atoms with E-state index < -0.39 is 12.0 Å². The standard InChI is InChI=1S/C33H40N2O7S/c1-8-11-16-41-24-14-12-22(17-27(24)39-9-2)18-28-31(36)35-30(23-13-15-25(42-20(4)5)26(19-23)38-7)29(32(37)40-10-3)21(6)34-33(35)43-28/h12-15,17-20,30H,8-11,16H2,1-7H3/b28-18-/t30-/m1/s1. The summed E-state index contributed by atoms with van der Waals surface area (Å²) in [7, 11) is 1.56. The molecule has 4 rings (SSSR count). The zero-order valence-corrected chi connectivity index (χ0v) is 26.7. The van der Waals surface area contributed by atoms with E-state index in [0.29, 0.717) is 62.4 Å². The van der Waals surface area contributed by atoms with E-state index in [1.54, 1.807) is 37.7 Å². The van der Waals surface area contributed by atoms with Gasteiger partial charge in [-0.15, -0.1) is 0 Å². The molecule has 3 aromatic rings. The molecule has 43 heavy (non-hydrogen) atoms. The van der Waals surface area contributed by atoms with Gasteiger partial charge in [0.25, 0.3) is 5.56 Å². The van der Waals surface area contributed by atoms with Crippen molar-refractivity contribution in [3.8, 4) is 23.0 Å². The van der Waals surface area contributed by atoms with Crippen molar-refractivity contribution in [1.82, 2.24) is 4.57 Å². The molecule has 0 N–H and O–H groups in total. The molecule has 1 aliphatic rings. The molecule has 0 radical (unpaired) electrons. The van der Waals surface area contributed by atoms with Crippen LogP contribution in [0.15, 0.2) is 57.5 Å². The lowest BCUT2D eigenvalue weighted by atomic mass is 9.95. The summed E-state index contributed by atoms with van der Waals surface area (Å²) in [4.78, 5) is 32.5. The number of allylic oxidation sites excluding steroid dienone is 1. The number of unbranched alkanes of at least 4 members (excludes halogenated alkanes) is 1. The Bertz CT molecular complexity index is 1670. The zero-order valence-electron chi connectivity index (χ0n) is 25.9. The van der Waals surface area contributed by atoms with Crippen LogP contribution >= 0.6 is 11.3 Å². The fourth-order valence-electron chi connectivity index (χ4n) is 4.79. The fourth-order valence-corrected chi connectivity index (χ4v) is 5.84. The largest absolute Gasteiger partial charge is 0.493 e. The number of thiazole rings is 1. The van der Waals surface area contributed by atoms with E-state index >= 15 is 0 Å². The third-order valence-corrected chi connectivity index (χ3v) is 7.69. The zero-order chi connectivity index (χ0) is 31.1. The molecule has 2 aromatic carbocycles. The Hall–Kier alpha value is -4.05. The Morgan fingerprint density at radius 2 is 1.79 bits per heavy atom. The number of carbonyl (C=O) groups is 1. The summed E-state index contributed by atoms with van der Waals surface area (Å²) >= 11 is 1.26. The van der Waals surface area contributed by atoms with E-state index in [4.69, 9.17) is 23.7 Å². The summed E-state index contributed by atoms with van der Waals surface area (Å²) < 4.78 is 30.7. The van der Waals surface area contributed by atoms with E-state index in [2.05, 4.69) is 11.9 Å². The SMILES string of the molecule is CCCCOc1ccc(/C=c2\sc3n(c2=O)[C@H](c2ccc(OC(C)C)c(OC)c2)C(C(=O)OCC)=C(C)N=3)cc1OCC. The monoisotopic (exact) mass is 608 g/mol. The van der Waals surface area contributed by atoms with E-state index in [-0.39, 0.29) is 18.3 Å². The summed E-state index contributed by atoms with van der Waals surface area (Å²) in [6.07, 6.45) is 3.73. The average Bonchev–Trinajstić information content (AvgIpc) is 3.27. The van der Waals surface area contributed by atoms with Crippen molar-refractivity contribution in [3.05, 3.63) is 78.5 Å². The summed E-state index contributed by atoms with van der Waals surface area (Å²) in [5, 5.41) is 0. The van der Waals surface area contributed by atoms with Crippen LogP contribution in [0, 0.1) is 0 Å². The van der Waals surface area contributed by atoms with Gasteiger partial charge in [-0.05, 0) is 82.5 Å². The van der Waals surface area contributed by atoms with Crippen molar-refractivity contribution in [2.45, 2.75) is 66.5 Å². The van der Waals surface area contributed by atoms with Crippen molar-refractivity contribution >= 4 is 23.4 Å². The van der Waals surface area contributed by atoms with Gasteiger partial charge in [-0.3, -0.25) is 9.36 Å². The average molecular weight is 609 g/mol. The third-order valence-electron chi connectivity index (χ3n) is 6.70. The van der Waals surface area contributed by atoms with Crippen molar-refractivity contribution in [2.75, 3.05) is 26.9 Å². The molecule has 0 amide bonds. The molecule has 1 atom stereocenters. The molecule has 1 aliphatic heterocycles. The van der Waals surface area contributed by atoms with Gasteiger partial charge in [-0.25, -0.2) is 9.79 Å². The van der Waals surface area contributed by atoms with Gasteiger partial charge < -0.3 is 23.7 Å². The van der Waals surface area contributed by atoms with Crippen LogP contribution in [0.2, 0.25) is 0 Å². The number of benzene rings is 2. The molecule has 0 saturated heterocycles. The maximum Gasteiger partial charge on any atom is 0.338 e. The maximum atomic E-state index is 14.0. The van der Waals surface area contributed by atoms with Gasteiger partial charge in [0.05, 0.1) is 54.9 Å². The molecular weight excluding hydrogens is 568 g/mol. The van der Waals surface area contributed by atoms with E-state index in [9.17, 15) is 9.59 Å². The summed E-state index contributed by atoms with van der Waals surface area (Å²) in [6, 6.07) is 10.3. The molecule has 0 saturated carbocycles. The molecular formula is C33H40N2O7S. The van der Waals surface area contributed by atoms with Crippen molar-refractivity contribution < 1.29 is 28.5 Å². The molecule has 0 spiro atoms. The first kappa shape index (κ1) is 31.9. The van der Waals surface area contributed by atoms with Crippen LogP contribution in [0.4, 0.5) is 0 Å². The quantitative estimate of drug-likeness (QED) is 0.195. The Labute approximate surface area is 256 Å². The number of rotatable bonds is 13. The predicted molar refractivity (Wildman–Crippen MR) is 167 cm³/mol. The van der Waals surface area contributed by atoms with Crippen LogP contribution in [-0.4, -0.2) is 43.6 Å². The second kappa shape index (κ2) is 14.4. The van der Waals surface area contributed by atoms with Gasteiger partial charge in [-0.1, -0.05) is 36.8 Å². The number of hydrogen-bond acceptors (Lipinski definition) is 9. The first-order valence-corrected chi connectivity index (χ1v) is 15.5. The first-order chi connectivity index (χ1) is 20.7. The van der Waals surface area contributed by atoms with Crippen molar-refractivity contribution in [1.29, 1.82) is 0 Å². The normalized spacial score (nSPS) is 14.8. The Morgan fingerprint density at radius 3 is 2.47 bits per heavy atom. The van der Waals surface area contributed by atoms with Gasteiger partial charge >= 0.3 is 5.97 Å². The molecule has 0 unspecified atom stereocenters.